The van der Waals surface area contributed by atoms with Gasteiger partial charge in [-0.2, -0.15) is 18.3 Å². The summed E-state index contributed by atoms with van der Waals surface area (Å²) in [5, 5.41) is 8.58. The van der Waals surface area contributed by atoms with Crippen LogP contribution in [0.25, 0.3) is 0 Å². The van der Waals surface area contributed by atoms with Crippen molar-refractivity contribution in [2.75, 3.05) is 0 Å². The van der Waals surface area contributed by atoms with Crippen LogP contribution in [0, 0.1) is 6.92 Å². The highest BCUT2D eigenvalue weighted by Gasteiger charge is 2.30. The molecular formula is C16H16F3N4+. The molecule has 1 atom stereocenters. The summed E-state index contributed by atoms with van der Waals surface area (Å²) in [5.74, 6) is -0.119. The van der Waals surface area contributed by atoms with Gasteiger partial charge in [-0.15, -0.1) is 0 Å². The standard InChI is InChI=1S/C16H16F3N4/c1-11-7-15(22(2)21-11)10-23-9-13(8-20-23)12-3-5-14(6-4-12)16(17,18)19/h3-9,13H,10H2,1-2H3/q+1. The maximum Gasteiger partial charge on any atom is 0.416 e. The van der Waals surface area contributed by atoms with E-state index in [4.69, 9.17) is 0 Å². The topological polar surface area (TPSA) is 33.2 Å². The molecule has 1 aliphatic rings. The highest BCUT2D eigenvalue weighted by molar-refractivity contribution is 5.90. The Morgan fingerprint density at radius 1 is 1.22 bits per heavy atom. The number of halogens is 3. The monoisotopic (exact) mass is 321 g/mol. The third-order valence-electron chi connectivity index (χ3n) is 3.75. The first kappa shape index (κ1) is 15.5. The van der Waals surface area contributed by atoms with Crippen LogP contribution >= 0.6 is 0 Å². The fourth-order valence-electron chi connectivity index (χ4n) is 2.56. The van der Waals surface area contributed by atoms with Crippen LogP contribution in [0.4, 0.5) is 13.2 Å². The van der Waals surface area contributed by atoms with Crippen molar-refractivity contribution in [3.05, 3.63) is 52.8 Å². The van der Waals surface area contributed by atoms with E-state index in [1.165, 1.54) is 12.1 Å². The van der Waals surface area contributed by atoms with Gasteiger partial charge in [0.15, 0.2) is 6.21 Å². The van der Waals surface area contributed by atoms with Gasteiger partial charge in [0, 0.05) is 7.05 Å². The summed E-state index contributed by atoms with van der Waals surface area (Å²) in [4.78, 5) is 0. The smallest absolute Gasteiger partial charge is 0.266 e. The van der Waals surface area contributed by atoms with E-state index in [0.29, 0.717) is 6.54 Å². The summed E-state index contributed by atoms with van der Waals surface area (Å²) < 4.78 is 41.3. The predicted molar refractivity (Wildman–Crippen MR) is 80.7 cm³/mol. The highest BCUT2D eigenvalue weighted by atomic mass is 19.4. The average molecular weight is 321 g/mol. The second-order valence-electron chi connectivity index (χ2n) is 5.56. The zero-order chi connectivity index (χ0) is 16.6. The SMILES string of the molecule is Cc1cc(C[N+]2=CC(c3ccc(C(F)(F)F)cc3)C=N2)n(C)n1. The Bertz CT molecular complexity index is 770. The number of nitrogens with zero attached hydrogens (tertiary/aromatic N) is 4. The molecule has 1 aromatic carbocycles. The molecule has 7 heteroatoms. The molecule has 120 valence electrons. The molecule has 0 radical (unpaired) electrons. The number of hydrogen-bond donors (Lipinski definition) is 0. The van der Waals surface area contributed by atoms with Gasteiger partial charge in [-0.25, -0.2) is 0 Å². The first-order valence-electron chi connectivity index (χ1n) is 7.15. The fourth-order valence-corrected chi connectivity index (χ4v) is 2.56. The van der Waals surface area contributed by atoms with Crippen molar-refractivity contribution >= 4 is 12.4 Å². The molecule has 0 saturated heterocycles. The summed E-state index contributed by atoms with van der Waals surface area (Å²) in [5.41, 5.74) is 2.10. The summed E-state index contributed by atoms with van der Waals surface area (Å²) >= 11 is 0. The molecule has 0 spiro atoms. The van der Waals surface area contributed by atoms with Gasteiger partial charge in [0.1, 0.15) is 11.6 Å². The zero-order valence-corrected chi connectivity index (χ0v) is 12.7. The Morgan fingerprint density at radius 2 is 1.91 bits per heavy atom. The number of alkyl halides is 3. The van der Waals surface area contributed by atoms with E-state index in [1.54, 1.807) is 15.6 Å². The van der Waals surface area contributed by atoms with Crippen LogP contribution in [-0.2, 0) is 19.8 Å². The number of hydrogen-bond acceptors (Lipinski definition) is 2. The van der Waals surface area contributed by atoms with E-state index in [2.05, 4.69) is 10.2 Å². The summed E-state index contributed by atoms with van der Waals surface area (Å²) in [6.07, 6.45) is -0.688. The van der Waals surface area contributed by atoms with Crippen LogP contribution in [0.5, 0.6) is 0 Å². The second kappa shape index (κ2) is 5.64. The molecule has 2 aromatic rings. The molecule has 1 aliphatic heterocycles. The van der Waals surface area contributed by atoms with Gasteiger partial charge in [-0.3, -0.25) is 4.68 Å². The van der Waals surface area contributed by atoms with Crippen LogP contribution in [-0.4, -0.2) is 26.9 Å². The third-order valence-corrected chi connectivity index (χ3v) is 3.75. The Labute approximate surface area is 131 Å². The lowest BCUT2D eigenvalue weighted by Crippen LogP contribution is -2.09. The minimum Gasteiger partial charge on any atom is -0.266 e. The third kappa shape index (κ3) is 3.33. The van der Waals surface area contributed by atoms with Crippen LogP contribution in [0.1, 0.15) is 28.4 Å². The first-order chi connectivity index (χ1) is 10.8. The molecule has 1 unspecified atom stereocenters. The van der Waals surface area contributed by atoms with E-state index in [1.807, 2.05) is 26.3 Å². The maximum atomic E-state index is 12.6. The van der Waals surface area contributed by atoms with Crippen molar-refractivity contribution in [2.24, 2.45) is 12.1 Å². The number of aromatic nitrogens is 2. The molecular weight excluding hydrogens is 305 g/mol. The molecule has 23 heavy (non-hydrogen) atoms. The summed E-state index contributed by atoms with van der Waals surface area (Å²) in [6, 6.07) is 7.17. The molecule has 2 heterocycles. The lowest BCUT2D eigenvalue weighted by Gasteiger charge is -2.07. The van der Waals surface area contributed by atoms with Gasteiger partial charge < -0.3 is 0 Å². The molecule has 0 saturated carbocycles. The van der Waals surface area contributed by atoms with Crippen molar-refractivity contribution in [1.82, 2.24) is 9.78 Å². The van der Waals surface area contributed by atoms with Gasteiger partial charge in [-0.05, 0) is 35.8 Å². The predicted octanol–water partition coefficient (Wildman–Crippen LogP) is 3.11. The highest BCUT2D eigenvalue weighted by Crippen LogP contribution is 2.30. The van der Waals surface area contributed by atoms with Gasteiger partial charge in [0.05, 0.1) is 17.5 Å². The van der Waals surface area contributed by atoms with Crippen LogP contribution in [0.2, 0.25) is 0 Å². The Morgan fingerprint density at radius 3 is 2.48 bits per heavy atom. The molecule has 0 N–H and O–H groups in total. The van der Waals surface area contributed by atoms with E-state index in [0.717, 1.165) is 29.1 Å². The molecule has 3 rings (SSSR count). The molecule has 0 amide bonds. The van der Waals surface area contributed by atoms with E-state index >= 15 is 0 Å². The van der Waals surface area contributed by atoms with Gasteiger partial charge >= 0.3 is 6.18 Å². The number of aryl methyl sites for hydroxylation is 2. The molecule has 0 aliphatic carbocycles. The zero-order valence-electron chi connectivity index (χ0n) is 12.7. The van der Waals surface area contributed by atoms with E-state index in [-0.39, 0.29) is 5.92 Å². The van der Waals surface area contributed by atoms with Crippen molar-refractivity contribution in [3.63, 3.8) is 0 Å². The molecule has 1 aromatic heterocycles. The van der Waals surface area contributed by atoms with Gasteiger partial charge in [0.25, 0.3) is 0 Å². The first-order valence-corrected chi connectivity index (χ1v) is 7.15. The Hall–Kier alpha value is -2.44. The van der Waals surface area contributed by atoms with Crippen LogP contribution in [0.15, 0.2) is 35.4 Å². The number of benzene rings is 1. The van der Waals surface area contributed by atoms with Crippen LogP contribution in [0.3, 0.4) is 0 Å². The van der Waals surface area contributed by atoms with Gasteiger partial charge in [-0.1, -0.05) is 16.8 Å². The van der Waals surface area contributed by atoms with Crippen molar-refractivity contribution in [1.29, 1.82) is 0 Å². The maximum absolute atomic E-state index is 12.6. The molecule has 4 nitrogen and oxygen atoms in total. The molecule has 0 bridgehead atoms. The molecule has 0 fully saturated rings. The minimum absolute atomic E-state index is 0.119. The van der Waals surface area contributed by atoms with Crippen molar-refractivity contribution in [3.8, 4) is 0 Å². The normalized spacial score (nSPS) is 17.6. The van der Waals surface area contributed by atoms with Gasteiger partial charge in [0.2, 0.25) is 6.54 Å². The van der Waals surface area contributed by atoms with Crippen molar-refractivity contribution < 1.29 is 17.9 Å². The van der Waals surface area contributed by atoms with Crippen LogP contribution < -0.4 is 0 Å². The minimum atomic E-state index is -4.31. The second-order valence-corrected chi connectivity index (χ2v) is 5.56. The van der Waals surface area contributed by atoms with E-state index < -0.39 is 11.7 Å². The number of rotatable bonds is 3. The number of hydrazone groups is 1. The quantitative estimate of drug-likeness (QED) is 0.800. The van der Waals surface area contributed by atoms with Crippen molar-refractivity contribution in [2.45, 2.75) is 25.6 Å². The summed E-state index contributed by atoms with van der Waals surface area (Å²) in [6.45, 7) is 2.50. The largest absolute Gasteiger partial charge is 0.416 e. The Kier molecular flexibility index (Phi) is 3.79. The fraction of sp³-hybridized carbons (Fsp3) is 0.312. The van der Waals surface area contributed by atoms with E-state index in [9.17, 15) is 13.2 Å². The average Bonchev–Trinajstić information content (AvgIpc) is 3.06. The summed E-state index contributed by atoms with van der Waals surface area (Å²) in [7, 11) is 1.87. The lowest BCUT2D eigenvalue weighted by molar-refractivity contribution is -0.543. The lowest BCUT2D eigenvalue weighted by atomic mass is 10.0. The Balaban J connectivity index is 1.75.